The molecule has 0 radical (unpaired) electrons. The smallest absolute Gasteiger partial charge is 0.327 e. The van der Waals surface area contributed by atoms with E-state index in [1.165, 1.54) is 11.1 Å². The number of hydrogen-bond donors (Lipinski definition) is 3. The molecule has 61 heavy (non-hydrogen) atoms. The van der Waals surface area contributed by atoms with Crippen LogP contribution >= 0.6 is 0 Å². The molecule has 2 aliphatic heterocycles. The lowest BCUT2D eigenvalue weighted by Crippen LogP contribution is -2.80. The van der Waals surface area contributed by atoms with Gasteiger partial charge >= 0.3 is 5.84 Å². The van der Waals surface area contributed by atoms with E-state index < -0.39 is 0 Å². The van der Waals surface area contributed by atoms with E-state index in [0.717, 1.165) is 78.7 Å². The number of allylic oxidation sites excluding steroid dienone is 2. The van der Waals surface area contributed by atoms with Gasteiger partial charge in [-0.1, -0.05) is 176 Å². The van der Waals surface area contributed by atoms with E-state index in [2.05, 4.69) is 198 Å². The zero-order valence-electron chi connectivity index (χ0n) is 34.5. The van der Waals surface area contributed by atoms with Crippen LogP contribution in [0.25, 0.3) is 33.4 Å². The molecule has 6 heteroatoms. The first-order valence-corrected chi connectivity index (χ1v) is 20.8. The Morgan fingerprint density at radius 3 is 1.75 bits per heavy atom. The molecule has 7 aromatic rings. The van der Waals surface area contributed by atoms with Crippen LogP contribution in [0, 0.1) is 6.92 Å². The average Bonchev–Trinajstić information content (AvgIpc) is 3.34. The van der Waals surface area contributed by atoms with Gasteiger partial charge in [0.05, 0.1) is 5.57 Å². The third kappa shape index (κ3) is 8.56. The predicted octanol–water partition coefficient (Wildman–Crippen LogP) is 10.5. The van der Waals surface area contributed by atoms with Crippen LogP contribution in [0.3, 0.4) is 0 Å². The summed E-state index contributed by atoms with van der Waals surface area (Å²) in [5, 5.41) is 7.30. The molecule has 0 aliphatic carbocycles. The minimum Gasteiger partial charge on any atom is -0.344 e. The van der Waals surface area contributed by atoms with Gasteiger partial charge in [0.25, 0.3) is 5.84 Å². The Morgan fingerprint density at radius 1 is 0.508 bits per heavy atom. The highest BCUT2D eigenvalue weighted by molar-refractivity contribution is 6.14. The Hall–Kier alpha value is -7.70. The lowest BCUT2D eigenvalue weighted by molar-refractivity contribution is -0.516. The van der Waals surface area contributed by atoms with Gasteiger partial charge in [0, 0.05) is 22.3 Å². The second-order valence-electron chi connectivity index (χ2n) is 15.2. The molecule has 0 saturated heterocycles. The first kappa shape index (κ1) is 38.8. The standard InChI is InChI=1S/C55H46N6/c1-4-17-38(5-2)50-56-51(41-20-11-7-12-21-41)59-54(57-50)47-27-16-25-45(35-47)44-24-15-26-46(34-44)49-36-48(29-28-37(49)3)55-60-52(42-22-13-8-14-23-42)58-53(61-55)43-32-30-40(31-33-43)39-18-9-6-10-19-39/h4-36,51-52H,1-3H3,(H,56,57,59)(H,58,60,61)/p+1/b17-4-,38-5+. The summed E-state index contributed by atoms with van der Waals surface area (Å²) in [5.41, 5.74) is 14.2. The molecule has 0 bridgehead atoms. The van der Waals surface area contributed by atoms with E-state index in [9.17, 15) is 0 Å². The number of aryl methyl sites for hydroxylation is 1. The maximum absolute atomic E-state index is 5.19. The third-order valence-corrected chi connectivity index (χ3v) is 11.1. The Balaban J connectivity index is 1.04. The molecule has 0 aromatic heterocycles. The second-order valence-corrected chi connectivity index (χ2v) is 15.2. The van der Waals surface area contributed by atoms with Crippen molar-refractivity contribution in [2.75, 3.05) is 0 Å². The summed E-state index contributed by atoms with van der Waals surface area (Å²) in [5.74, 6) is 3.13. The third-order valence-electron chi connectivity index (χ3n) is 11.1. The minimum absolute atomic E-state index is 0.140. The van der Waals surface area contributed by atoms with Crippen molar-refractivity contribution in [1.82, 2.24) is 10.6 Å². The second kappa shape index (κ2) is 17.7. The summed E-state index contributed by atoms with van der Waals surface area (Å²) in [7, 11) is 0. The van der Waals surface area contributed by atoms with Crippen LogP contribution in [-0.2, 0) is 0 Å². The molecule has 0 fully saturated rings. The summed E-state index contributed by atoms with van der Waals surface area (Å²) >= 11 is 0. The Morgan fingerprint density at radius 2 is 1.07 bits per heavy atom. The fraction of sp³-hybridized carbons (Fsp3) is 0.0909. The fourth-order valence-electron chi connectivity index (χ4n) is 7.85. The van der Waals surface area contributed by atoms with Crippen LogP contribution in [0.15, 0.2) is 221 Å². The largest absolute Gasteiger partial charge is 0.344 e. The molecule has 2 atom stereocenters. The summed E-state index contributed by atoms with van der Waals surface area (Å²) in [6.45, 7) is 6.23. The highest BCUT2D eigenvalue weighted by atomic mass is 15.2. The predicted molar refractivity (Wildman–Crippen MR) is 253 cm³/mol. The number of rotatable bonds is 10. The number of nitrogens with one attached hydrogen (secondary N) is 3. The number of nitrogens with zero attached hydrogens (tertiary/aromatic N) is 3. The van der Waals surface area contributed by atoms with Crippen LogP contribution in [-0.4, -0.2) is 23.3 Å². The molecule has 0 amide bonds. The first-order valence-electron chi connectivity index (χ1n) is 20.8. The normalized spacial score (nSPS) is 16.5. The minimum atomic E-state index is -0.291. The van der Waals surface area contributed by atoms with Crippen molar-refractivity contribution in [1.29, 1.82) is 0 Å². The van der Waals surface area contributed by atoms with Gasteiger partial charge < -0.3 is 10.6 Å². The highest BCUT2D eigenvalue weighted by Gasteiger charge is 2.28. The van der Waals surface area contributed by atoms with Gasteiger partial charge in [-0.15, -0.1) is 0 Å². The van der Waals surface area contributed by atoms with Gasteiger partial charge in [-0.3, -0.25) is 0 Å². The van der Waals surface area contributed by atoms with E-state index in [0.29, 0.717) is 5.84 Å². The molecule has 0 spiro atoms. The molecule has 7 aromatic carbocycles. The van der Waals surface area contributed by atoms with Gasteiger partial charge in [0.15, 0.2) is 12.0 Å². The molecular formula is C55H47N6+. The van der Waals surface area contributed by atoms with Crippen molar-refractivity contribution >= 4 is 23.3 Å². The van der Waals surface area contributed by atoms with Gasteiger partial charge in [0.1, 0.15) is 12.0 Å². The van der Waals surface area contributed by atoms with Gasteiger partial charge in [0.2, 0.25) is 0 Å². The molecule has 296 valence electrons. The maximum atomic E-state index is 5.19. The lowest BCUT2D eigenvalue weighted by atomic mass is 9.94. The molecule has 6 nitrogen and oxygen atoms in total. The summed E-state index contributed by atoms with van der Waals surface area (Å²) in [4.78, 5) is 19.1. The SMILES string of the molecule is C/C=C\C(=C/C)C1=[NH+]C(c2ccccc2)NC(c2cccc(-c3cccc(-c4cc(C5=NC(c6ccccc6)NC(c6ccc(-c7ccccc7)cc6)=N5)ccc4C)c3)c2)=N1. The average molecular weight is 792 g/mol. The van der Waals surface area contributed by atoms with Crippen LogP contribution in [0.5, 0.6) is 0 Å². The van der Waals surface area contributed by atoms with E-state index in [4.69, 9.17) is 15.0 Å². The summed E-state index contributed by atoms with van der Waals surface area (Å²) < 4.78 is 0. The van der Waals surface area contributed by atoms with Crippen LogP contribution in [0.2, 0.25) is 0 Å². The van der Waals surface area contributed by atoms with Crippen molar-refractivity contribution in [2.45, 2.75) is 33.1 Å². The van der Waals surface area contributed by atoms with Crippen molar-refractivity contribution in [3.05, 3.63) is 239 Å². The van der Waals surface area contributed by atoms with Crippen molar-refractivity contribution in [2.24, 2.45) is 15.0 Å². The molecular weight excluding hydrogens is 745 g/mol. The van der Waals surface area contributed by atoms with E-state index in [1.807, 2.05) is 38.1 Å². The van der Waals surface area contributed by atoms with Gasteiger partial charge in [-0.25, -0.2) is 15.0 Å². The quantitative estimate of drug-likeness (QED) is 0.121. The summed E-state index contributed by atoms with van der Waals surface area (Å²) in [6, 6.07) is 63.7. The molecule has 9 rings (SSSR count). The zero-order valence-corrected chi connectivity index (χ0v) is 34.5. The topological polar surface area (TPSA) is 75.1 Å². The number of hydrogen-bond acceptors (Lipinski definition) is 5. The lowest BCUT2D eigenvalue weighted by Gasteiger charge is -2.24. The monoisotopic (exact) mass is 791 g/mol. The van der Waals surface area contributed by atoms with Crippen molar-refractivity contribution in [3.63, 3.8) is 0 Å². The van der Waals surface area contributed by atoms with Crippen molar-refractivity contribution < 1.29 is 4.99 Å². The zero-order chi connectivity index (χ0) is 41.5. The molecule has 3 N–H and O–H groups in total. The Kier molecular flexibility index (Phi) is 11.2. The highest BCUT2D eigenvalue weighted by Crippen LogP contribution is 2.32. The van der Waals surface area contributed by atoms with E-state index in [1.54, 1.807) is 0 Å². The molecule has 2 aliphatic rings. The van der Waals surface area contributed by atoms with Crippen LogP contribution < -0.4 is 15.6 Å². The first-order chi connectivity index (χ1) is 30.0. The van der Waals surface area contributed by atoms with Crippen molar-refractivity contribution in [3.8, 4) is 33.4 Å². The number of amidine groups is 4. The van der Waals surface area contributed by atoms with Crippen LogP contribution in [0.1, 0.15) is 59.6 Å². The van der Waals surface area contributed by atoms with Gasteiger partial charge in [-0.05, 0) is 94.5 Å². The summed E-state index contributed by atoms with van der Waals surface area (Å²) in [6.07, 6.45) is 5.79. The Labute approximate surface area is 358 Å². The maximum Gasteiger partial charge on any atom is 0.327 e. The molecule has 2 heterocycles. The van der Waals surface area contributed by atoms with Gasteiger partial charge in [-0.2, -0.15) is 0 Å². The van der Waals surface area contributed by atoms with Crippen LogP contribution in [0.4, 0.5) is 0 Å². The fourth-order valence-corrected chi connectivity index (χ4v) is 7.85. The molecule has 2 unspecified atom stereocenters. The van der Waals surface area contributed by atoms with E-state index >= 15 is 0 Å². The molecule has 0 saturated carbocycles. The van der Waals surface area contributed by atoms with E-state index in [-0.39, 0.29) is 12.3 Å². The Bertz CT molecular complexity index is 2870. The number of benzene rings is 7. The number of aliphatic imine (C=N–C) groups is 3.